The van der Waals surface area contributed by atoms with Gasteiger partial charge in [0.25, 0.3) is 0 Å². The molecule has 126 valence electrons. The van der Waals surface area contributed by atoms with Crippen LogP contribution in [0.1, 0.15) is 20.8 Å². The van der Waals surface area contributed by atoms with Gasteiger partial charge in [-0.3, -0.25) is 14.4 Å². The summed E-state index contributed by atoms with van der Waals surface area (Å²) >= 11 is 0. The second-order valence-electron chi connectivity index (χ2n) is 4.72. The zero-order chi connectivity index (χ0) is 16.9. The topological polar surface area (TPSA) is 118 Å². The van der Waals surface area contributed by atoms with Crippen LogP contribution in [0.25, 0.3) is 0 Å². The van der Waals surface area contributed by atoms with Crippen molar-refractivity contribution in [3.8, 4) is 0 Å². The molecule has 9 heteroatoms. The molecule has 9 nitrogen and oxygen atoms in total. The Labute approximate surface area is 127 Å². The van der Waals surface area contributed by atoms with Gasteiger partial charge in [-0.25, -0.2) is 0 Å². The van der Waals surface area contributed by atoms with Gasteiger partial charge < -0.3 is 28.8 Å². The highest BCUT2D eigenvalue weighted by atomic mass is 16.7. The van der Waals surface area contributed by atoms with Crippen molar-refractivity contribution in [1.29, 1.82) is 0 Å². The fourth-order valence-corrected chi connectivity index (χ4v) is 2.08. The standard InChI is InChI=1S/C13H20O9/c1-6(14)19-5-9-11(20-7(2)15)12(21-8(3)16)10(17)13(18-4)22-9/h9-13,17H,5H2,1-4H3/t9-,10+,11-,12-,13+/m1/s1. The number of methoxy groups -OCH3 is 1. The summed E-state index contributed by atoms with van der Waals surface area (Å²) in [6.45, 7) is 3.26. The van der Waals surface area contributed by atoms with E-state index in [0.717, 1.165) is 13.8 Å². The Morgan fingerprint density at radius 3 is 2.00 bits per heavy atom. The van der Waals surface area contributed by atoms with Crippen molar-refractivity contribution in [1.82, 2.24) is 0 Å². The van der Waals surface area contributed by atoms with Crippen molar-refractivity contribution in [2.45, 2.75) is 51.5 Å². The molecule has 0 unspecified atom stereocenters. The lowest BCUT2D eigenvalue weighted by Gasteiger charge is -2.42. The lowest BCUT2D eigenvalue weighted by atomic mass is 9.98. The third kappa shape index (κ3) is 4.93. The maximum absolute atomic E-state index is 11.2. The van der Waals surface area contributed by atoms with Crippen molar-refractivity contribution in [2.24, 2.45) is 0 Å². The summed E-state index contributed by atoms with van der Waals surface area (Å²) in [5, 5.41) is 10.1. The van der Waals surface area contributed by atoms with Crippen LogP contribution in [-0.2, 0) is 38.1 Å². The molecule has 0 saturated carbocycles. The molecule has 1 rings (SSSR count). The number of esters is 3. The first-order valence-corrected chi connectivity index (χ1v) is 6.60. The second kappa shape index (κ2) is 8.06. The minimum absolute atomic E-state index is 0.252. The molecule has 0 aromatic heterocycles. The zero-order valence-electron chi connectivity index (χ0n) is 12.8. The van der Waals surface area contributed by atoms with E-state index in [0.29, 0.717) is 0 Å². The van der Waals surface area contributed by atoms with E-state index < -0.39 is 48.6 Å². The van der Waals surface area contributed by atoms with Gasteiger partial charge in [-0.15, -0.1) is 0 Å². The number of hydrogen-bond acceptors (Lipinski definition) is 9. The van der Waals surface area contributed by atoms with E-state index in [2.05, 4.69) is 0 Å². The molecular formula is C13H20O9. The highest BCUT2D eigenvalue weighted by Crippen LogP contribution is 2.27. The van der Waals surface area contributed by atoms with Gasteiger partial charge >= 0.3 is 17.9 Å². The molecule has 0 aromatic carbocycles. The SMILES string of the molecule is CO[C@H]1O[C@H](COC(C)=O)[C@@H](OC(C)=O)[C@H](OC(C)=O)[C@@H]1O. The number of rotatable bonds is 5. The monoisotopic (exact) mass is 320 g/mol. The van der Waals surface area contributed by atoms with Gasteiger partial charge in [0.1, 0.15) is 18.8 Å². The van der Waals surface area contributed by atoms with Crippen LogP contribution in [0.2, 0.25) is 0 Å². The van der Waals surface area contributed by atoms with Crippen LogP contribution < -0.4 is 0 Å². The van der Waals surface area contributed by atoms with E-state index in [1.54, 1.807) is 0 Å². The fraction of sp³-hybridized carbons (Fsp3) is 0.769. The lowest BCUT2D eigenvalue weighted by Crippen LogP contribution is -2.61. The first-order valence-electron chi connectivity index (χ1n) is 6.60. The molecule has 1 fully saturated rings. The molecule has 0 spiro atoms. The Morgan fingerprint density at radius 1 is 1.00 bits per heavy atom. The van der Waals surface area contributed by atoms with Gasteiger partial charge in [0.05, 0.1) is 0 Å². The number of aliphatic hydroxyl groups excluding tert-OH is 1. The van der Waals surface area contributed by atoms with Crippen LogP contribution >= 0.6 is 0 Å². The second-order valence-corrected chi connectivity index (χ2v) is 4.72. The molecule has 0 bridgehead atoms. The van der Waals surface area contributed by atoms with Crippen LogP contribution in [0.5, 0.6) is 0 Å². The number of aliphatic hydroxyl groups is 1. The average molecular weight is 320 g/mol. The smallest absolute Gasteiger partial charge is 0.303 e. The minimum Gasteiger partial charge on any atom is -0.463 e. The van der Waals surface area contributed by atoms with Gasteiger partial charge in [0.2, 0.25) is 0 Å². The largest absolute Gasteiger partial charge is 0.463 e. The van der Waals surface area contributed by atoms with E-state index in [1.807, 2.05) is 0 Å². The van der Waals surface area contributed by atoms with Crippen molar-refractivity contribution in [2.75, 3.05) is 13.7 Å². The Balaban J connectivity index is 3.00. The van der Waals surface area contributed by atoms with Gasteiger partial charge in [-0.1, -0.05) is 0 Å². The van der Waals surface area contributed by atoms with Gasteiger partial charge in [-0.05, 0) is 0 Å². The molecule has 0 radical (unpaired) electrons. The van der Waals surface area contributed by atoms with Crippen molar-refractivity contribution >= 4 is 17.9 Å². The van der Waals surface area contributed by atoms with Crippen LogP contribution in [-0.4, -0.2) is 67.4 Å². The van der Waals surface area contributed by atoms with Gasteiger partial charge in [0, 0.05) is 27.9 Å². The Morgan fingerprint density at radius 2 is 1.55 bits per heavy atom. The summed E-state index contributed by atoms with van der Waals surface area (Å²) < 4.78 is 25.3. The molecule has 0 aromatic rings. The normalized spacial score (nSPS) is 31.2. The highest BCUT2D eigenvalue weighted by molar-refractivity contribution is 5.67. The van der Waals surface area contributed by atoms with Crippen LogP contribution in [0, 0.1) is 0 Å². The van der Waals surface area contributed by atoms with E-state index in [1.165, 1.54) is 14.0 Å². The molecule has 1 heterocycles. The quantitative estimate of drug-likeness (QED) is 0.510. The molecule has 1 N–H and O–H groups in total. The predicted octanol–water partition coefficient (Wildman–Crippen LogP) is -0.855. The van der Waals surface area contributed by atoms with E-state index >= 15 is 0 Å². The predicted molar refractivity (Wildman–Crippen MR) is 69.4 cm³/mol. The third-order valence-corrected chi connectivity index (χ3v) is 2.90. The highest BCUT2D eigenvalue weighted by Gasteiger charge is 2.49. The van der Waals surface area contributed by atoms with E-state index in [-0.39, 0.29) is 6.61 Å². The third-order valence-electron chi connectivity index (χ3n) is 2.90. The maximum Gasteiger partial charge on any atom is 0.303 e. The number of carbonyl (C=O) groups excluding carboxylic acids is 3. The Bertz CT molecular complexity index is 422. The molecule has 1 aliphatic heterocycles. The first kappa shape index (κ1) is 18.3. The molecule has 1 aliphatic rings. The summed E-state index contributed by atoms with van der Waals surface area (Å²) in [5.74, 6) is -1.90. The molecular weight excluding hydrogens is 300 g/mol. The van der Waals surface area contributed by atoms with Crippen molar-refractivity contribution < 1.29 is 43.2 Å². The summed E-state index contributed by atoms with van der Waals surface area (Å²) in [5.41, 5.74) is 0. The van der Waals surface area contributed by atoms with Crippen molar-refractivity contribution in [3.63, 3.8) is 0 Å². The Kier molecular flexibility index (Phi) is 6.72. The summed E-state index contributed by atoms with van der Waals surface area (Å²) in [6.07, 6.45) is -5.79. The molecule has 0 amide bonds. The van der Waals surface area contributed by atoms with E-state index in [9.17, 15) is 19.5 Å². The maximum atomic E-state index is 11.2. The van der Waals surface area contributed by atoms with E-state index in [4.69, 9.17) is 23.7 Å². The minimum atomic E-state index is -1.37. The number of ether oxygens (including phenoxy) is 5. The summed E-state index contributed by atoms with van der Waals surface area (Å²) in [6, 6.07) is 0. The first-order chi connectivity index (χ1) is 10.3. The summed E-state index contributed by atoms with van der Waals surface area (Å²) in [4.78, 5) is 33.4. The average Bonchev–Trinajstić information content (AvgIpc) is 2.41. The van der Waals surface area contributed by atoms with Crippen LogP contribution in [0.4, 0.5) is 0 Å². The van der Waals surface area contributed by atoms with Crippen molar-refractivity contribution in [3.05, 3.63) is 0 Å². The van der Waals surface area contributed by atoms with Gasteiger partial charge in [0.15, 0.2) is 18.5 Å². The van der Waals surface area contributed by atoms with Crippen LogP contribution in [0.15, 0.2) is 0 Å². The number of carbonyl (C=O) groups is 3. The fourth-order valence-electron chi connectivity index (χ4n) is 2.08. The van der Waals surface area contributed by atoms with Gasteiger partial charge in [-0.2, -0.15) is 0 Å². The Hall–Kier alpha value is -1.71. The zero-order valence-corrected chi connectivity index (χ0v) is 12.8. The molecule has 5 atom stereocenters. The molecule has 0 aliphatic carbocycles. The lowest BCUT2D eigenvalue weighted by molar-refractivity contribution is -0.299. The molecule has 22 heavy (non-hydrogen) atoms. The number of hydrogen-bond donors (Lipinski definition) is 1. The summed E-state index contributed by atoms with van der Waals surface area (Å²) in [7, 11) is 1.29. The molecule has 1 saturated heterocycles. The van der Waals surface area contributed by atoms with Crippen LogP contribution in [0.3, 0.4) is 0 Å².